The topological polar surface area (TPSA) is 89.4 Å². The summed E-state index contributed by atoms with van der Waals surface area (Å²) in [7, 11) is 1.75. The van der Waals surface area contributed by atoms with Gasteiger partial charge in [0.15, 0.2) is 11.3 Å². The first-order valence-corrected chi connectivity index (χ1v) is 6.85. The third-order valence-corrected chi connectivity index (χ3v) is 3.27. The van der Waals surface area contributed by atoms with Crippen molar-refractivity contribution in [2.24, 2.45) is 7.05 Å². The smallest absolute Gasteiger partial charge is 0.277 e. The van der Waals surface area contributed by atoms with Gasteiger partial charge in [-0.05, 0) is 13.3 Å². The lowest BCUT2D eigenvalue weighted by Gasteiger charge is -2.01. The van der Waals surface area contributed by atoms with Crippen LogP contribution in [-0.4, -0.2) is 29.7 Å². The van der Waals surface area contributed by atoms with Crippen LogP contribution in [0.4, 0.5) is 0 Å². The highest BCUT2D eigenvalue weighted by atomic mass is 16.1. The molecule has 3 rings (SSSR count). The van der Waals surface area contributed by atoms with Gasteiger partial charge < -0.3 is 4.98 Å². The summed E-state index contributed by atoms with van der Waals surface area (Å²) in [6.07, 6.45) is 4.98. The molecule has 0 atom stereocenters. The molecule has 0 amide bonds. The fourth-order valence-electron chi connectivity index (χ4n) is 2.29. The lowest BCUT2D eigenvalue weighted by Crippen LogP contribution is -2.12. The molecule has 0 fully saturated rings. The van der Waals surface area contributed by atoms with E-state index in [1.165, 1.54) is 0 Å². The maximum Gasteiger partial charge on any atom is 0.277 e. The van der Waals surface area contributed by atoms with Gasteiger partial charge in [0.05, 0.1) is 17.6 Å². The Kier molecular flexibility index (Phi) is 3.25. The quantitative estimate of drug-likeness (QED) is 0.784. The number of aromatic nitrogens is 6. The van der Waals surface area contributed by atoms with Crippen molar-refractivity contribution >= 4 is 11.0 Å². The van der Waals surface area contributed by atoms with Gasteiger partial charge in [-0.1, -0.05) is 13.3 Å². The van der Waals surface area contributed by atoms with Gasteiger partial charge in [0, 0.05) is 13.2 Å². The highest BCUT2D eigenvalue weighted by Gasteiger charge is 2.15. The molecule has 0 radical (unpaired) electrons. The normalized spacial score (nSPS) is 11.2. The third kappa shape index (κ3) is 2.31. The SMILES string of the molecule is CCCc1nn(C)c2c(=O)[nH]c(-c3cnc(C)cn3)nc12. The highest BCUT2D eigenvalue weighted by Crippen LogP contribution is 2.17. The lowest BCUT2D eigenvalue weighted by molar-refractivity contribution is 0.751. The van der Waals surface area contributed by atoms with Gasteiger partial charge in [-0.2, -0.15) is 5.10 Å². The first-order valence-electron chi connectivity index (χ1n) is 6.85. The van der Waals surface area contributed by atoms with Crippen LogP contribution < -0.4 is 5.56 Å². The van der Waals surface area contributed by atoms with Gasteiger partial charge in [0.2, 0.25) is 0 Å². The molecule has 0 aromatic carbocycles. The van der Waals surface area contributed by atoms with Crippen LogP contribution in [0, 0.1) is 6.92 Å². The van der Waals surface area contributed by atoms with E-state index < -0.39 is 0 Å². The summed E-state index contributed by atoms with van der Waals surface area (Å²) in [4.78, 5) is 28.0. The Morgan fingerprint density at radius 2 is 2.10 bits per heavy atom. The van der Waals surface area contributed by atoms with Gasteiger partial charge in [0.25, 0.3) is 5.56 Å². The minimum atomic E-state index is -0.213. The van der Waals surface area contributed by atoms with Crippen LogP contribution in [0.5, 0.6) is 0 Å². The summed E-state index contributed by atoms with van der Waals surface area (Å²) in [5.74, 6) is 0.422. The van der Waals surface area contributed by atoms with E-state index in [2.05, 4.69) is 32.0 Å². The monoisotopic (exact) mass is 284 g/mol. The molecule has 0 saturated heterocycles. The molecule has 7 heteroatoms. The molecule has 108 valence electrons. The van der Waals surface area contributed by atoms with E-state index in [0.717, 1.165) is 24.2 Å². The molecule has 3 aromatic heterocycles. The molecule has 0 bridgehead atoms. The summed E-state index contributed by atoms with van der Waals surface area (Å²) in [6, 6.07) is 0. The molecule has 0 aliphatic rings. The average molecular weight is 284 g/mol. The Balaban J connectivity index is 2.24. The second-order valence-corrected chi connectivity index (χ2v) is 4.98. The molecule has 3 aromatic rings. The Labute approximate surface area is 121 Å². The van der Waals surface area contributed by atoms with Crippen molar-refractivity contribution in [2.45, 2.75) is 26.7 Å². The van der Waals surface area contributed by atoms with Gasteiger partial charge in [-0.25, -0.2) is 9.97 Å². The van der Waals surface area contributed by atoms with Crippen LogP contribution in [0.3, 0.4) is 0 Å². The Morgan fingerprint density at radius 1 is 1.29 bits per heavy atom. The van der Waals surface area contributed by atoms with E-state index in [1.807, 2.05) is 6.92 Å². The van der Waals surface area contributed by atoms with Crippen molar-refractivity contribution in [3.05, 3.63) is 34.1 Å². The second kappa shape index (κ2) is 5.08. The largest absolute Gasteiger partial charge is 0.303 e. The van der Waals surface area contributed by atoms with E-state index in [4.69, 9.17) is 0 Å². The number of nitrogens with one attached hydrogen (secondary N) is 1. The van der Waals surface area contributed by atoms with Gasteiger partial charge in [0.1, 0.15) is 11.2 Å². The zero-order valence-electron chi connectivity index (χ0n) is 12.2. The lowest BCUT2D eigenvalue weighted by atomic mass is 10.2. The van der Waals surface area contributed by atoms with Crippen LogP contribution in [0.15, 0.2) is 17.2 Å². The number of aromatic amines is 1. The van der Waals surface area contributed by atoms with Crippen LogP contribution in [0.25, 0.3) is 22.6 Å². The van der Waals surface area contributed by atoms with E-state index in [0.29, 0.717) is 22.6 Å². The Hall–Kier alpha value is -2.57. The minimum absolute atomic E-state index is 0.213. The van der Waals surface area contributed by atoms with Crippen LogP contribution >= 0.6 is 0 Å². The fraction of sp³-hybridized carbons (Fsp3) is 0.357. The van der Waals surface area contributed by atoms with Gasteiger partial charge in [-0.15, -0.1) is 0 Å². The molecule has 7 nitrogen and oxygen atoms in total. The number of hydrogen-bond acceptors (Lipinski definition) is 5. The number of rotatable bonds is 3. The van der Waals surface area contributed by atoms with Crippen molar-refractivity contribution < 1.29 is 0 Å². The standard InChI is InChI=1S/C14H16N6O/c1-4-5-9-11-12(20(3)19-9)14(21)18-13(17-11)10-7-15-8(2)6-16-10/h6-7H,4-5H2,1-3H3,(H,17,18,21). The first kappa shape index (κ1) is 13.4. The predicted molar refractivity (Wildman–Crippen MR) is 78.9 cm³/mol. The Morgan fingerprint density at radius 3 is 2.76 bits per heavy atom. The number of hydrogen-bond donors (Lipinski definition) is 1. The highest BCUT2D eigenvalue weighted by molar-refractivity contribution is 5.78. The van der Waals surface area contributed by atoms with E-state index in [9.17, 15) is 4.79 Å². The van der Waals surface area contributed by atoms with E-state index in [-0.39, 0.29) is 5.56 Å². The first-order chi connectivity index (χ1) is 10.1. The molecular weight excluding hydrogens is 268 g/mol. The number of H-pyrrole nitrogens is 1. The van der Waals surface area contributed by atoms with E-state index in [1.54, 1.807) is 24.1 Å². The van der Waals surface area contributed by atoms with Gasteiger partial charge >= 0.3 is 0 Å². The second-order valence-electron chi connectivity index (χ2n) is 4.98. The van der Waals surface area contributed by atoms with Crippen LogP contribution in [0.1, 0.15) is 24.7 Å². The van der Waals surface area contributed by atoms with Crippen molar-refractivity contribution in [3.8, 4) is 11.5 Å². The average Bonchev–Trinajstić information content (AvgIpc) is 2.77. The van der Waals surface area contributed by atoms with Crippen molar-refractivity contribution in [2.75, 3.05) is 0 Å². The molecular formula is C14H16N6O. The zero-order valence-corrected chi connectivity index (χ0v) is 12.2. The summed E-state index contributed by atoms with van der Waals surface area (Å²) in [5, 5.41) is 4.39. The van der Waals surface area contributed by atoms with Crippen LogP contribution in [0.2, 0.25) is 0 Å². The maximum atomic E-state index is 12.3. The maximum absolute atomic E-state index is 12.3. The summed E-state index contributed by atoms with van der Waals surface area (Å²) >= 11 is 0. The molecule has 0 aliphatic carbocycles. The minimum Gasteiger partial charge on any atom is -0.303 e. The van der Waals surface area contributed by atoms with E-state index >= 15 is 0 Å². The molecule has 0 saturated carbocycles. The van der Waals surface area contributed by atoms with Crippen molar-refractivity contribution in [1.29, 1.82) is 0 Å². The summed E-state index contributed by atoms with van der Waals surface area (Å²) in [6.45, 7) is 3.93. The molecule has 0 spiro atoms. The summed E-state index contributed by atoms with van der Waals surface area (Å²) in [5.41, 5.74) is 3.11. The number of nitrogens with zero attached hydrogens (tertiary/aromatic N) is 5. The number of aryl methyl sites for hydroxylation is 3. The predicted octanol–water partition coefficient (Wildman–Crippen LogP) is 1.37. The Bertz CT molecular complexity index is 846. The van der Waals surface area contributed by atoms with Crippen LogP contribution in [-0.2, 0) is 13.5 Å². The van der Waals surface area contributed by atoms with Crippen molar-refractivity contribution in [1.82, 2.24) is 29.7 Å². The molecule has 1 N–H and O–H groups in total. The molecule has 21 heavy (non-hydrogen) atoms. The summed E-state index contributed by atoms with van der Waals surface area (Å²) < 4.78 is 1.58. The molecule has 0 unspecified atom stereocenters. The molecule has 3 heterocycles. The number of fused-ring (bicyclic) bond motifs is 1. The fourth-order valence-corrected chi connectivity index (χ4v) is 2.29. The zero-order chi connectivity index (χ0) is 15.0. The van der Waals surface area contributed by atoms with Gasteiger partial charge in [-0.3, -0.25) is 14.5 Å². The molecule has 0 aliphatic heterocycles. The third-order valence-electron chi connectivity index (χ3n) is 3.27. The van der Waals surface area contributed by atoms with Crippen molar-refractivity contribution in [3.63, 3.8) is 0 Å².